The van der Waals surface area contributed by atoms with Gasteiger partial charge in [0.05, 0.1) is 0 Å². The van der Waals surface area contributed by atoms with Crippen LogP contribution in [0.5, 0.6) is 0 Å². The Kier molecular flexibility index (Phi) is 5.27. The number of carbonyl (C=O) groups is 1. The van der Waals surface area contributed by atoms with Crippen LogP contribution in [0.15, 0.2) is 6.07 Å². The molecule has 3 heterocycles. The summed E-state index contributed by atoms with van der Waals surface area (Å²) < 4.78 is 0. The highest BCUT2D eigenvalue weighted by Gasteiger charge is 2.47. The smallest absolute Gasteiger partial charge is 0.320 e. The van der Waals surface area contributed by atoms with E-state index in [2.05, 4.69) is 39.7 Å². The van der Waals surface area contributed by atoms with E-state index in [0.717, 1.165) is 75.6 Å². The average molecular weight is 346 g/mol. The van der Waals surface area contributed by atoms with Gasteiger partial charge >= 0.3 is 5.97 Å². The van der Waals surface area contributed by atoms with Gasteiger partial charge in [-0.15, -0.1) is 0 Å². The summed E-state index contributed by atoms with van der Waals surface area (Å²) >= 11 is 0. The maximum atomic E-state index is 11.6. The van der Waals surface area contributed by atoms with Crippen LogP contribution in [0.25, 0.3) is 0 Å². The number of rotatable bonds is 5. The maximum Gasteiger partial charge on any atom is 0.320 e. The zero-order valence-electron chi connectivity index (χ0n) is 15.7. The van der Waals surface area contributed by atoms with E-state index in [9.17, 15) is 9.90 Å². The lowest BCUT2D eigenvalue weighted by molar-refractivity contribution is -0.142. The predicted octanol–water partition coefficient (Wildman–Crippen LogP) is 2.50. The summed E-state index contributed by atoms with van der Waals surface area (Å²) in [7, 11) is 0. The first-order valence-corrected chi connectivity index (χ1v) is 9.53. The van der Waals surface area contributed by atoms with Crippen molar-refractivity contribution in [3.63, 3.8) is 0 Å². The molecule has 25 heavy (non-hydrogen) atoms. The second-order valence-electron chi connectivity index (χ2n) is 7.63. The van der Waals surface area contributed by atoms with Crippen molar-refractivity contribution < 1.29 is 9.90 Å². The van der Waals surface area contributed by atoms with E-state index in [1.165, 1.54) is 0 Å². The van der Waals surface area contributed by atoms with Crippen molar-refractivity contribution in [2.75, 3.05) is 31.1 Å². The molecule has 1 aromatic heterocycles. The molecule has 0 saturated carbocycles. The maximum absolute atomic E-state index is 11.6. The summed E-state index contributed by atoms with van der Waals surface area (Å²) in [5.74, 6) is 1.19. The lowest BCUT2D eigenvalue weighted by atomic mass is 9.76. The quantitative estimate of drug-likeness (QED) is 0.883. The molecule has 1 aromatic rings. The fourth-order valence-corrected chi connectivity index (χ4v) is 4.44. The molecule has 2 saturated heterocycles. The molecule has 2 aliphatic rings. The lowest BCUT2D eigenvalue weighted by Gasteiger charge is -2.40. The summed E-state index contributed by atoms with van der Waals surface area (Å²) in [5.41, 5.74) is 1.24. The Morgan fingerprint density at radius 1 is 1.32 bits per heavy atom. The number of hydrogen-bond donors (Lipinski definition) is 1. The molecular formula is C19H30N4O2. The largest absolute Gasteiger partial charge is 0.480 e. The number of likely N-dealkylation sites (tertiary alicyclic amines) is 1. The monoisotopic (exact) mass is 346 g/mol. The molecule has 1 unspecified atom stereocenters. The van der Waals surface area contributed by atoms with Crippen LogP contribution in [-0.2, 0) is 11.2 Å². The SMILES string of the molecule is CCCN1CC2(CCN(c3cc(CC)nc(C)n3)CC2)CC1C(=O)O. The van der Waals surface area contributed by atoms with E-state index in [4.69, 9.17) is 0 Å². The van der Waals surface area contributed by atoms with Crippen LogP contribution >= 0.6 is 0 Å². The minimum absolute atomic E-state index is 0.157. The summed E-state index contributed by atoms with van der Waals surface area (Å²) in [5, 5.41) is 9.57. The van der Waals surface area contributed by atoms with Crippen molar-refractivity contribution in [3.8, 4) is 0 Å². The van der Waals surface area contributed by atoms with Gasteiger partial charge in [0.1, 0.15) is 17.7 Å². The fourth-order valence-electron chi connectivity index (χ4n) is 4.44. The van der Waals surface area contributed by atoms with Crippen molar-refractivity contribution in [1.82, 2.24) is 14.9 Å². The Morgan fingerprint density at radius 3 is 2.64 bits per heavy atom. The van der Waals surface area contributed by atoms with Gasteiger partial charge in [-0.3, -0.25) is 9.69 Å². The highest BCUT2D eigenvalue weighted by Crippen LogP contribution is 2.44. The number of carboxylic acids is 1. The summed E-state index contributed by atoms with van der Waals surface area (Å²) in [6.45, 7) is 9.89. The Morgan fingerprint density at radius 2 is 2.04 bits per heavy atom. The Hall–Kier alpha value is -1.69. The van der Waals surface area contributed by atoms with Crippen molar-refractivity contribution in [3.05, 3.63) is 17.6 Å². The molecule has 0 bridgehead atoms. The summed E-state index contributed by atoms with van der Waals surface area (Å²) in [4.78, 5) is 25.3. The van der Waals surface area contributed by atoms with Gasteiger partial charge in [-0.2, -0.15) is 0 Å². The molecule has 1 spiro atoms. The molecule has 138 valence electrons. The van der Waals surface area contributed by atoms with Crippen molar-refractivity contribution in [2.45, 2.75) is 58.9 Å². The molecule has 2 aliphatic heterocycles. The molecule has 3 rings (SSSR count). The van der Waals surface area contributed by atoms with Crippen molar-refractivity contribution >= 4 is 11.8 Å². The van der Waals surface area contributed by atoms with Crippen molar-refractivity contribution in [2.24, 2.45) is 5.41 Å². The van der Waals surface area contributed by atoms with Gasteiger partial charge in [0.2, 0.25) is 0 Å². The standard InChI is InChI=1S/C19H30N4O2/c1-4-8-23-13-19(12-16(23)18(24)25)6-9-22(10-7-19)17-11-15(5-2)20-14(3)21-17/h11,16H,4-10,12-13H2,1-3H3,(H,24,25). The first-order chi connectivity index (χ1) is 12.0. The predicted molar refractivity (Wildman–Crippen MR) is 97.9 cm³/mol. The third-order valence-corrected chi connectivity index (χ3v) is 5.79. The number of carboxylic acid groups (broad SMARTS) is 1. The normalized spacial score (nSPS) is 23.3. The van der Waals surface area contributed by atoms with E-state index in [1.807, 2.05) is 6.92 Å². The summed E-state index contributed by atoms with van der Waals surface area (Å²) in [6, 6.07) is 1.79. The number of aryl methyl sites for hydroxylation is 2. The van der Waals surface area contributed by atoms with Crippen LogP contribution in [0.3, 0.4) is 0 Å². The molecule has 1 N–H and O–H groups in total. The number of piperidine rings is 1. The minimum atomic E-state index is -0.660. The van der Waals surface area contributed by atoms with E-state index in [0.29, 0.717) is 0 Å². The van der Waals surface area contributed by atoms with Gasteiger partial charge in [-0.25, -0.2) is 9.97 Å². The topological polar surface area (TPSA) is 69.6 Å². The van der Waals surface area contributed by atoms with Crippen LogP contribution in [-0.4, -0.2) is 58.2 Å². The van der Waals surface area contributed by atoms with E-state index >= 15 is 0 Å². The van der Waals surface area contributed by atoms with Crippen LogP contribution in [0.1, 0.15) is 51.0 Å². The van der Waals surface area contributed by atoms with Crippen LogP contribution in [0.2, 0.25) is 0 Å². The molecule has 6 nitrogen and oxygen atoms in total. The Bertz CT molecular complexity index is 626. The highest BCUT2D eigenvalue weighted by molar-refractivity contribution is 5.74. The van der Waals surface area contributed by atoms with Gasteiger partial charge in [0.25, 0.3) is 0 Å². The van der Waals surface area contributed by atoms with Gasteiger partial charge < -0.3 is 10.0 Å². The Labute approximate surface area is 150 Å². The van der Waals surface area contributed by atoms with Gasteiger partial charge in [0, 0.05) is 31.4 Å². The van der Waals surface area contributed by atoms with E-state index < -0.39 is 5.97 Å². The average Bonchev–Trinajstić information content (AvgIpc) is 2.93. The number of anilines is 1. The second kappa shape index (κ2) is 7.28. The highest BCUT2D eigenvalue weighted by atomic mass is 16.4. The first-order valence-electron chi connectivity index (χ1n) is 9.53. The van der Waals surface area contributed by atoms with E-state index in [-0.39, 0.29) is 11.5 Å². The van der Waals surface area contributed by atoms with Crippen LogP contribution < -0.4 is 4.90 Å². The third-order valence-electron chi connectivity index (χ3n) is 5.79. The molecule has 1 atom stereocenters. The number of hydrogen-bond acceptors (Lipinski definition) is 5. The molecular weight excluding hydrogens is 316 g/mol. The minimum Gasteiger partial charge on any atom is -0.480 e. The zero-order valence-corrected chi connectivity index (χ0v) is 15.7. The molecule has 6 heteroatoms. The van der Waals surface area contributed by atoms with Gasteiger partial charge in [0.15, 0.2) is 0 Å². The summed E-state index contributed by atoms with van der Waals surface area (Å²) in [6.07, 6.45) is 4.80. The fraction of sp³-hybridized carbons (Fsp3) is 0.737. The number of aromatic nitrogens is 2. The number of aliphatic carboxylic acids is 1. The Balaban J connectivity index is 1.69. The molecule has 0 radical (unpaired) electrons. The van der Waals surface area contributed by atoms with Crippen molar-refractivity contribution in [1.29, 1.82) is 0 Å². The second-order valence-corrected chi connectivity index (χ2v) is 7.63. The zero-order chi connectivity index (χ0) is 18.0. The van der Waals surface area contributed by atoms with Crippen LogP contribution in [0.4, 0.5) is 5.82 Å². The van der Waals surface area contributed by atoms with Gasteiger partial charge in [-0.05, 0) is 51.0 Å². The van der Waals surface area contributed by atoms with E-state index in [1.54, 1.807) is 0 Å². The molecule has 0 aromatic carbocycles. The lowest BCUT2D eigenvalue weighted by Crippen LogP contribution is -2.42. The van der Waals surface area contributed by atoms with Crippen LogP contribution in [0, 0.1) is 12.3 Å². The molecule has 2 fully saturated rings. The van der Waals surface area contributed by atoms with Gasteiger partial charge in [-0.1, -0.05) is 13.8 Å². The number of nitrogens with zero attached hydrogens (tertiary/aromatic N) is 4. The molecule has 0 amide bonds. The first kappa shape index (κ1) is 18.1. The third kappa shape index (κ3) is 3.78. The molecule has 0 aliphatic carbocycles.